The molecule has 0 atom stereocenters. The molecule has 0 bridgehead atoms. The molecule has 0 radical (unpaired) electrons. The summed E-state index contributed by atoms with van der Waals surface area (Å²) in [6.07, 6.45) is 3.20. The van der Waals surface area contributed by atoms with Crippen LogP contribution < -0.4 is 0 Å². The monoisotopic (exact) mass is 238 g/mol. The Morgan fingerprint density at radius 2 is 2.23 bits per heavy atom. The number of hydrogen-bond acceptors (Lipinski definition) is 1. The number of ketones is 1. The Kier molecular flexibility index (Phi) is 2.49. The number of benzene rings is 1. The van der Waals surface area contributed by atoms with Gasteiger partial charge in [0.05, 0.1) is 0 Å². The molecule has 1 saturated carbocycles. The largest absolute Gasteiger partial charge is 0.294 e. The maximum atomic E-state index is 11.6. The maximum absolute atomic E-state index is 11.6. The van der Waals surface area contributed by atoms with Gasteiger partial charge < -0.3 is 0 Å². The molecule has 2 heteroatoms. The zero-order valence-electron chi connectivity index (χ0n) is 7.29. The quantitative estimate of drug-likeness (QED) is 0.738. The van der Waals surface area contributed by atoms with E-state index in [1.54, 1.807) is 0 Å². The van der Waals surface area contributed by atoms with Gasteiger partial charge in [-0.3, -0.25) is 4.79 Å². The Balaban J connectivity index is 2.09. The molecule has 0 heterocycles. The first-order valence-electron chi connectivity index (χ1n) is 4.54. The van der Waals surface area contributed by atoms with E-state index in [2.05, 4.69) is 15.9 Å². The van der Waals surface area contributed by atoms with Gasteiger partial charge in [0.25, 0.3) is 0 Å². The molecule has 1 aliphatic carbocycles. The van der Waals surface area contributed by atoms with Crippen molar-refractivity contribution in [1.29, 1.82) is 0 Å². The second kappa shape index (κ2) is 3.62. The van der Waals surface area contributed by atoms with Crippen molar-refractivity contribution in [3.05, 3.63) is 34.3 Å². The fourth-order valence-electron chi connectivity index (χ4n) is 1.36. The van der Waals surface area contributed by atoms with E-state index < -0.39 is 0 Å². The van der Waals surface area contributed by atoms with Crippen molar-refractivity contribution in [1.82, 2.24) is 0 Å². The zero-order valence-corrected chi connectivity index (χ0v) is 8.88. The van der Waals surface area contributed by atoms with Crippen molar-refractivity contribution in [3.63, 3.8) is 0 Å². The average Bonchev–Trinajstić information content (AvgIpc) is 2.88. The summed E-state index contributed by atoms with van der Waals surface area (Å²) in [7, 11) is 0. The Morgan fingerprint density at radius 1 is 1.46 bits per heavy atom. The second-order valence-electron chi connectivity index (χ2n) is 3.58. The van der Waals surface area contributed by atoms with Gasteiger partial charge in [-0.15, -0.1) is 0 Å². The van der Waals surface area contributed by atoms with E-state index >= 15 is 0 Å². The molecular formula is C11H11BrO. The zero-order chi connectivity index (χ0) is 9.26. The van der Waals surface area contributed by atoms with Crippen LogP contribution in [0.3, 0.4) is 0 Å². The van der Waals surface area contributed by atoms with E-state index in [1.165, 1.54) is 12.8 Å². The van der Waals surface area contributed by atoms with Crippen molar-refractivity contribution < 1.29 is 4.79 Å². The summed E-state index contributed by atoms with van der Waals surface area (Å²) in [5, 5.41) is 0. The van der Waals surface area contributed by atoms with E-state index in [-0.39, 0.29) is 5.78 Å². The Morgan fingerprint density at radius 3 is 2.85 bits per heavy atom. The standard InChI is InChI=1S/C11H11BrO/c12-10-3-1-2-9(7-10)11(13)6-8-4-5-8/h1-3,7-8H,4-6H2. The highest BCUT2D eigenvalue weighted by atomic mass is 79.9. The molecule has 0 amide bonds. The lowest BCUT2D eigenvalue weighted by molar-refractivity contribution is 0.0976. The molecular weight excluding hydrogens is 228 g/mol. The van der Waals surface area contributed by atoms with Crippen molar-refractivity contribution >= 4 is 21.7 Å². The smallest absolute Gasteiger partial charge is 0.163 e. The number of hydrogen-bond donors (Lipinski definition) is 0. The van der Waals surface area contributed by atoms with Gasteiger partial charge in [-0.05, 0) is 30.9 Å². The maximum Gasteiger partial charge on any atom is 0.163 e. The molecule has 0 aliphatic heterocycles. The fraction of sp³-hybridized carbons (Fsp3) is 0.364. The molecule has 13 heavy (non-hydrogen) atoms. The predicted octanol–water partition coefficient (Wildman–Crippen LogP) is 3.43. The minimum absolute atomic E-state index is 0.281. The number of Topliss-reactive ketones (excluding diaryl/α,β-unsaturated/α-hetero) is 1. The number of halogens is 1. The molecule has 0 spiro atoms. The minimum Gasteiger partial charge on any atom is -0.294 e. The number of carbonyl (C=O) groups excluding carboxylic acids is 1. The number of carbonyl (C=O) groups is 1. The van der Waals surface area contributed by atoms with Crippen LogP contribution in [0.15, 0.2) is 28.7 Å². The van der Waals surface area contributed by atoms with Crippen molar-refractivity contribution in [3.8, 4) is 0 Å². The van der Waals surface area contributed by atoms with Gasteiger partial charge in [-0.2, -0.15) is 0 Å². The van der Waals surface area contributed by atoms with E-state index in [0.717, 1.165) is 16.5 Å². The van der Waals surface area contributed by atoms with Crippen LogP contribution in [0.1, 0.15) is 29.6 Å². The lowest BCUT2D eigenvalue weighted by atomic mass is 10.1. The Labute approximate surface area is 86.3 Å². The van der Waals surface area contributed by atoms with Gasteiger partial charge in [0.15, 0.2) is 5.78 Å². The van der Waals surface area contributed by atoms with Crippen LogP contribution in [0.5, 0.6) is 0 Å². The molecule has 68 valence electrons. The van der Waals surface area contributed by atoms with E-state index in [9.17, 15) is 4.79 Å². The van der Waals surface area contributed by atoms with Crippen LogP contribution in [0.2, 0.25) is 0 Å². The third-order valence-corrected chi connectivity index (χ3v) is 2.81. The van der Waals surface area contributed by atoms with E-state index in [0.29, 0.717) is 5.92 Å². The average molecular weight is 239 g/mol. The first kappa shape index (κ1) is 8.95. The molecule has 1 aliphatic rings. The normalized spacial score (nSPS) is 15.8. The summed E-state index contributed by atoms with van der Waals surface area (Å²) in [4.78, 5) is 11.6. The third kappa shape index (κ3) is 2.41. The van der Waals surface area contributed by atoms with E-state index in [1.807, 2.05) is 24.3 Å². The summed E-state index contributed by atoms with van der Waals surface area (Å²) in [6.45, 7) is 0. The Bertz CT molecular complexity index is 329. The molecule has 0 N–H and O–H groups in total. The van der Waals surface area contributed by atoms with Crippen LogP contribution in [0.4, 0.5) is 0 Å². The molecule has 1 aromatic rings. The molecule has 0 aromatic heterocycles. The molecule has 1 nitrogen and oxygen atoms in total. The van der Waals surface area contributed by atoms with Gasteiger partial charge in [-0.1, -0.05) is 28.1 Å². The molecule has 0 saturated heterocycles. The summed E-state index contributed by atoms with van der Waals surface area (Å²) in [5.74, 6) is 0.954. The van der Waals surface area contributed by atoms with Gasteiger partial charge in [0.1, 0.15) is 0 Å². The molecule has 0 unspecified atom stereocenters. The van der Waals surface area contributed by atoms with Crippen molar-refractivity contribution in [2.75, 3.05) is 0 Å². The topological polar surface area (TPSA) is 17.1 Å². The third-order valence-electron chi connectivity index (χ3n) is 2.32. The van der Waals surface area contributed by atoms with Crippen molar-refractivity contribution in [2.24, 2.45) is 5.92 Å². The SMILES string of the molecule is O=C(CC1CC1)c1cccc(Br)c1. The number of rotatable bonds is 3. The van der Waals surface area contributed by atoms with Gasteiger partial charge in [-0.25, -0.2) is 0 Å². The molecule has 1 aromatic carbocycles. The lowest BCUT2D eigenvalue weighted by Crippen LogP contribution is -1.99. The molecule has 1 fully saturated rings. The first-order valence-corrected chi connectivity index (χ1v) is 5.34. The highest BCUT2D eigenvalue weighted by molar-refractivity contribution is 9.10. The summed E-state index contributed by atoms with van der Waals surface area (Å²) in [5.41, 5.74) is 0.835. The first-order chi connectivity index (χ1) is 6.25. The van der Waals surface area contributed by atoms with Crippen LogP contribution in [-0.2, 0) is 0 Å². The van der Waals surface area contributed by atoms with Gasteiger partial charge in [0.2, 0.25) is 0 Å². The predicted molar refractivity (Wildman–Crippen MR) is 55.8 cm³/mol. The van der Waals surface area contributed by atoms with E-state index in [4.69, 9.17) is 0 Å². The van der Waals surface area contributed by atoms with Gasteiger partial charge >= 0.3 is 0 Å². The lowest BCUT2D eigenvalue weighted by Gasteiger charge is -1.99. The minimum atomic E-state index is 0.281. The van der Waals surface area contributed by atoms with Crippen LogP contribution in [0, 0.1) is 5.92 Å². The van der Waals surface area contributed by atoms with Crippen LogP contribution in [0.25, 0.3) is 0 Å². The fourth-order valence-corrected chi connectivity index (χ4v) is 1.76. The highest BCUT2D eigenvalue weighted by Gasteiger charge is 2.24. The van der Waals surface area contributed by atoms with Crippen LogP contribution >= 0.6 is 15.9 Å². The second-order valence-corrected chi connectivity index (χ2v) is 4.50. The van der Waals surface area contributed by atoms with Crippen molar-refractivity contribution in [2.45, 2.75) is 19.3 Å². The highest BCUT2D eigenvalue weighted by Crippen LogP contribution is 2.33. The summed E-state index contributed by atoms with van der Waals surface area (Å²) < 4.78 is 0.981. The summed E-state index contributed by atoms with van der Waals surface area (Å²) in [6, 6.07) is 7.62. The van der Waals surface area contributed by atoms with Gasteiger partial charge in [0, 0.05) is 16.5 Å². The molecule has 2 rings (SSSR count). The van der Waals surface area contributed by atoms with Crippen LogP contribution in [-0.4, -0.2) is 5.78 Å². The Hall–Kier alpha value is -0.630. The summed E-state index contributed by atoms with van der Waals surface area (Å²) >= 11 is 3.36.